The molecule has 3 aliphatic heterocycles. The smallest absolute Gasteiger partial charge is 0.307 e. The fourth-order valence-corrected chi connectivity index (χ4v) is 4.90. The number of para-hydroxylation sites is 1. The maximum Gasteiger partial charge on any atom is 0.307 e. The van der Waals surface area contributed by atoms with Gasteiger partial charge in [0.05, 0.1) is 23.8 Å². The molecule has 2 bridgehead atoms. The van der Waals surface area contributed by atoms with Crippen LogP contribution in [0.2, 0.25) is 0 Å². The summed E-state index contributed by atoms with van der Waals surface area (Å²) in [5, 5.41) is 3.09. The minimum Gasteiger partial charge on any atom is -0.496 e. The summed E-state index contributed by atoms with van der Waals surface area (Å²) in [7, 11) is -2.41. The van der Waals surface area contributed by atoms with E-state index in [9.17, 15) is 13.2 Å². The van der Waals surface area contributed by atoms with Gasteiger partial charge in [-0.2, -0.15) is 8.42 Å². The molecule has 1 aromatic heterocycles. The number of hydrogen-bond acceptors (Lipinski definition) is 7. The molecule has 35 heavy (non-hydrogen) atoms. The van der Waals surface area contributed by atoms with Crippen molar-refractivity contribution in [3.05, 3.63) is 66.2 Å². The van der Waals surface area contributed by atoms with Gasteiger partial charge < -0.3 is 19.4 Å². The van der Waals surface area contributed by atoms with Gasteiger partial charge in [-0.1, -0.05) is 29.8 Å². The van der Waals surface area contributed by atoms with Gasteiger partial charge in [-0.05, 0) is 63.0 Å². The number of benzene rings is 2. The Morgan fingerprint density at radius 1 is 1.14 bits per heavy atom. The minimum atomic E-state index is -4.02. The zero-order chi connectivity index (χ0) is 25.0. The van der Waals surface area contributed by atoms with Crippen LogP contribution in [0.5, 0.6) is 5.75 Å². The van der Waals surface area contributed by atoms with E-state index in [1.165, 1.54) is 12.1 Å². The van der Waals surface area contributed by atoms with E-state index < -0.39 is 10.1 Å². The van der Waals surface area contributed by atoms with Gasteiger partial charge in [-0.25, -0.2) is 4.98 Å². The molecular weight excluding hydrogens is 470 g/mol. The summed E-state index contributed by atoms with van der Waals surface area (Å²) >= 11 is 0. The molecule has 10 heteroatoms. The second kappa shape index (κ2) is 10.6. The lowest BCUT2D eigenvalue weighted by atomic mass is 9.84. The summed E-state index contributed by atoms with van der Waals surface area (Å²) < 4.78 is 40.6. The van der Waals surface area contributed by atoms with Crippen molar-refractivity contribution >= 4 is 16.0 Å². The Kier molecular flexibility index (Phi) is 7.54. The lowest BCUT2D eigenvalue weighted by Gasteiger charge is -2.44. The van der Waals surface area contributed by atoms with Crippen molar-refractivity contribution in [2.24, 2.45) is 5.92 Å². The van der Waals surface area contributed by atoms with Crippen LogP contribution in [0.25, 0.3) is 11.3 Å². The summed E-state index contributed by atoms with van der Waals surface area (Å²) in [5.41, 5.74) is 1.74. The molecule has 3 saturated heterocycles. The van der Waals surface area contributed by atoms with Crippen LogP contribution in [0, 0.1) is 12.8 Å². The summed E-state index contributed by atoms with van der Waals surface area (Å²) in [5.74, 6) is 1.66. The molecule has 2 N–H and O–H groups in total. The molecule has 0 spiro atoms. The number of carbonyl (C=O) groups excluding carboxylic acids is 1. The van der Waals surface area contributed by atoms with E-state index in [-0.39, 0.29) is 22.7 Å². The molecule has 3 fully saturated rings. The van der Waals surface area contributed by atoms with Gasteiger partial charge >= 0.3 is 5.91 Å². The molecular formula is C25H29N3O6S. The quantitative estimate of drug-likeness (QED) is 0.512. The Bertz CT molecular complexity index is 1260. The molecule has 4 heterocycles. The maximum atomic E-state index is 12.5. The van der Waals surface area contributed by atoms with E-state index >= 15 is 0 Å². The zero-order valence-corrected chi connectivity index (χ0v) is 20.5. The number of methoxy groups -OCH3 is 1. The van der Waals surface area contributed by atoms with Crippen LogP contribution in [0.1, 0.15) is 29.1 Å². The van der Waals surface area contributed by atoms with Crippen molar-refractivity contribution in [2.45, 2.75) is 30.7 Å². The molecule has 0 saturated carbocycles. The standard InChI is InChI=1S/C18H21N3O3.C7H8O3S/c1-23-15-5-3-2-4-13(15)16-10-19-18(24-16)17(22)20-14-11-21-8-6-12(14)7-9-21;1-6-2-4-7(5-3-6)11(8,9)10/h2-5,10,12,14H,6-9,11H2,1H3,(H,20,22);2-5H,1H3,(H,8,9,10)/t14-;/m0./s1. The third kappa shape index (κ3) is 6.08. The fraction of sp³-hybridized carbons (Fsp3) is 0.360. The molecule has 0 aliphatic carbocycles. The zero-order valence-electron chi connectivity index (χ0n) is 19.7. The average Bonchev–Trinajstić information content (AvgIpc) is 3.35. The summed E-state index contributed by atoms with van der Waals surface area (Å²) in [6, 6.07) is 13.7. The van der Waals surface area contributed by atoms with Gasteiger partial charge in [0.1, 0.15) is 5.75 Å². The molecule has 3 aliphatic rings. The number of aromatic nitrogens is 1. The van der Waals surface area contributed by atoms with E-state index in [0.29, 0.717) is 17.4 Å². The first-order chi connectivity index (χ1) is 16.7. The lowest BCUT2D eigenvalue weighted by Crippen LogP contribution is -2.57. The molecule has 3 aromatic rings. The number of nitrogens with one attached hydrogen (secondary N) is 1. The van der Waals surface area contributed by atoms with Crippen molar-refractivity contribution in [2.75, 3.05) is 26.7 Å². The van der Waals surface area contributed by atoms with Crippen molar-refractivity contribution in [1.29, 1.82) is 0 Å². The SMILES string of the molecule is COc1ccccc1-c1cnc(C(=O)N[C@H]2CN3CCC2CC3)o1.Cc1ccc(S(=O)(=O)O)cc1. The summed E-state index contributed by atoms with van der Waals surface area (Å²) in [6.07, 6.45) is 3.88. The molecule has 0 unspecified atom stereocenters. The summed E-state index contributed by atoms with van der Waals surface area (Å²) in [4.78, 5) is 19.0. The molecule has 0 radical (unpaired) electrons. The number of oxazole rings is 1. The largest absolute Gasteiger partial charge is 0.496 e. The third-order valence-corrected chi connectivity index (χ3v) is 7.23. The average molecular weight is 500 g/mol. The highest BCUT2D eigenvalue weighted by Gasteiger charge is 2.35. The van der Waals surface area contributed by atoms with E-state index in [0.717, 1.165) is 43.6 Å². The van der Waals surface area contributed by atoms with Crippen molar-refractivity contribution in [3.8, 4) is 17.1 Å². The normalized spacial score (nSPS) is 21.1. The van der Waals surface area contributed by atoms with Gasteiger partial charge in [0.25, 0.3) is 16.0 Å². The number of hydrogen-bond donors (Lipinski definition) is 2. The molecule has 6 rings (SSSR count). The number of amides is 1. The van der Waals surface area contributed by atoms with E-state index in [1.54, 1.807) is 25.4 Å². The molecule has 9 nitrogen and oxygen atoms in total. The predicted octanol–water partition coefficient (Wildman–Crippen LogP) is 3.42. The van der Waals surface area contributed by atoms with Crippen molar-refractivity contribution < 1.29 is 26.9 Å². The predicted molar refractivity (Wildman–Crippen MR) is 130 cm³/mol. The molecule has 1 atom stereocenters. The van der Waals surface area contributed by atoms with Crippen LogP contribution in [-0.4, -0.2) is 61.5 Å². The Morgan fingerprint density at radius 2 is 1.83 bits per heavy atom. The number of nitrogens with zero attached hydrogens (tertiary/aromatic N) is 2. The third-order valence-electron chi connectivity index (χ3n) is 6.36. The van der Waals surface area contributed by atoms with Gasteiger partial charge in [0.2, 0.25) is 0 Å². The second-order valence-electron chi connectivity index (χ2n) is 8.74. The Hall–Kier alpha value is -3.21. The van der Waals surface area contributed by atoms with Gasteiger partial charge in [0.15, 0.2) is 5.76 Å². The van der Waals surface area contributed by atoms with Crippen molar-refractivity contribution in [3.63, 3.8) is 0 Å². The van der Waals surface area contributed by atoms with Crippen LogP contribution in [0.4, 0.5) is 0 Å². The van der Waals surface area contributed by atoms with E-state index in [4.69, 9.17) is 13.7 Å². The highest BCUT2D eigenvalue weighted by molar-refractivity contribution is 7.85. The van der Waals surface area contributed by atoms with Crippen LogP contribution in [0.3, 0.4) is 0 Å². The highest BCUT2D eigenvalue weighted by Crippen LogP contribution is 2.30. The first-order valence-corrected chi connectivity index (χ1v) is 12.8. The van der Waals surface area contributed by atoms with Crippen LogP contribution in [-0.2, 0) is 10.1 Å². The molecule has 1 amide bonds. The van der Waals surface area contributed by atoms with Crippen LogP contribution < -0.4 is 10.1 Å². The monoisotopic (exact) mass is 499 g/mol. The van der Waals surface area contributed by atoms with Gasteiger partial charge in [-0.3, -0.25) is 9.35 Å². The van der Waals surface area contributed by atoms with Crippen LogP contribution >= 0.6 is 0 Å². The maximum absolute atomic E-state index is 12.5. The minimum absolute atomic E-state index is 0.0666. The highest BCUT2D eigenvalue weighted by atomic mass is 32.2. The Balaban J connectivity index is 0.000000221. The first kappa shape index (κ1) is 24.9. The second-order valence-corrected chi connectivity index (χ2v) is 10.2. The molecule has 2 aromatic carbocycles. The van der Waals surface area contributed by atoms with E-state index in [1.807, 2.05) is 31.2 Å². The first-order valence-electron chi connectivity index (χ1n) is 11.4. The van der Waals surface area contributed by atoms with Crippen molar-refractivity contribution in [1.82, 2.24) is 15.2 Å². The Labute approximate surface area is 204 Å². The number of aryl methyl sites for hydroxylation is 1. The fourth-order valence-electron chi connectivity index (χ4n) is 4.42. The van der Waals surface area contributed by atoms with Gasteiger partial charge in [0, 0.05) is 12.6 Å². The lowest BCUT2D eigenvalue weighted by molar-refractivity contribution is 0.0602. The van der Waals surface area contributed by atoms with E-state index in [2.05, 4.69) is 15.2 Å². The number of ether oxygens (including phenoxy) is 1. The summed E-state index contributed by atoms with van der Waals surface area (Å²) in [6.45, 7) is 5.06. The number of fused-ring (bicyclic) bond motifs is 3. The molecule has 186 valence electrons. The van der Waals surface area contributed by atoms with Crippen LogP contribution in [0.15, 0.2) is 64.0 Å². The topological polar surface area (TPSA) is 122 Å². The number of piperidine rings is 3. The Morgan fingerprint density at radius 3 is 2.43 bits per heavy atom. The number of rotatable bonds is 5. The van der Waals surface area contributed by atoms with Gasteiger partial charge in [-0.15, -0.1) is 0 Å². The number of carbonyl (C=O) groups is 1.